The molecule has 0 amide bonds. The highest BCUT2D eigenvalue weighted by atomic mass is 32.2. The van der Waals surface area contributed by atoms with Crippen LogP contribution in [0.2, 0.25) is 0 Å². The molecule has 0 atom stereocenters. The van der Waals surface area contributed by atoms with Crippen molar-refractivity contribution < 1.29 is 8.42 Å². The van der Waals surface area contributed by atoms with Gasteiger partial charge in [-0.1, -0.05) is 49.1 Å². The maximum atomic E-state index is 12.8. The van der Waals surface area contributed by atoms with Crippen LogP contribution in [0.5, 0.6) is 0 Å². The first kappa shape index (κ1) is 23.5. The lowest BCUT2D eigenvalue weighted by Crippen LogP contribution is -2.26. The van der Waals surface area contributed by atoms with E-state index in [1.165, 1.54) is 24.8 Å². The van der Waals surface area contributed by atoms with Gasteiger partial charge in [0.25, 0.3) is 0 Å². The van der Waals surface area contributed by atoms with Crippen molar-refractivity contribution in [3.8, 4) is 0 Å². The van der Waals surface area contributed by atoms with Crippen LogP contribution in [-0.4, -0.2) is 38.8 Å². The van der Waals surface area contributed by atoms with E-state index in [1.807, 2.05) is 12.1 Å². The minimum absolute atomic E-state index is 0.0865. The summed E-state index contributed by atoms with van der Waals surface area (Å²) in [5, 5.41) is 4.73. The molecule has 2 heterocycles. The second kappa shape index (κ2) is 10.5. The molecule has 0 saturated heterocycles. The zero-order valence-corrected chi connectivity index (χ0v) is 20.2. The molecule has 0 saturated carbocycles. The van der Waals surface area contributed by atoms with Gasteiger partial charge in [0.15, 0.2) is 9.84 Å². The van der Waals surface area contributed by atoms with Crippen molar-refractivity contribution in [3.63, 3.8) is 0 Å². The number of pyridine rings is 1. The van der Waals surface area contributed by atoms with Crippen LogP contribution in [0.1, 0.15) is 43.2 Å². The fourth-order valence-corrected chi connectivity index (χ4v) is 5.91. The van der Waals surface area contributed by atoms with Crippen LogP contribution in [0.4, 0.5) is 11.5 Å². The van der Waals surface area contributed by atoms with E-state index >= 15 is 0 Å². The number of hydrogen-bond acceptors (Lipinski definition) is 6. The number of unbranched alkanes of at least 4 members (excludes halogenated alkanes) is 4. The van der Waals surface area contributed by atoms with E-state index in [1.54, 1.807) is 12.1 Å². The third kappa shape index (κ3) is 5.65. The lowest BCUT2D eigenvalue weighted by molar-refractivity contribution is 0.596. The maximum absolute atomic E-state index is 12.8. The number of nitrogens with zero attached hydrogens (tertiary/aromatic N) is 2. The second-order valence-electron chi connectivity index (χ2n) is 8.88. The first-order valence-electron chi connectivity index (χ1n) is 11.9. The van der Waals surface area contributed by atoms with Crippen molar-refractivity contribution in [3.05, 3.63) is 59.7 Å². The number of fused-ring (bicyclic) bond motifs is 2. The molecule has 7 heteroatoms. The number of hydrogen-bond donors (Lipinski definition) is 2. The van der Waals surface area contributed by atoms with Gasteiger partial charge in [-0.2, -0.15) is 0 Å². The molecule has 0 bridgehead atoms. The van der Waals surface area contributed by atoms with Gasteiger partial charge in [0.1, 0.15) is 5.82 Å². The zero-order valence-electron chi connectivity index (χ0n) is 19.4. The van der Waals surface area contributed by atoms with Gasteiger partial charge >= 0.3 is 0 Å². The van der Waals surface area contributed by atoms with E-state index in [2.05, 4.69) is 41.4 Å². The van der Waals surface area contributed by atoms with Crippen LogP contribution >= 0.6 is 0 Å². The van der Waals surface area contributed by atoms with Gasteiger partial charge in [-0.05, 0) is 50.1 Å². The van der Waals surface area contributed by atoms with E-state index in [0.29, 0.717) is 18.0 Å². The fourth-order valence-electron chi connectivity index (χ4n) is 4.42. The molecule has 2 aromatic carbocycles. The summed E-state index contributed by atoms with van der Waals surface area (Å²) < 4.78 is 25.6. The summed E-state index contributed by atoms with van der Waals surface area (Å²) in [4.78, 5) is 7.45. The standard InChI is InChI=1S/C26H34N4O2S/c1-20-11-12-23-22(17-20)24(28-14-8-4-2-3-7-13-27)18-26(29-23)30-15-16-33(31,32)25-10-6-5-9-21(25)19-30/h5-6,9-12,17-18H,2-4,7-8,13-16,19,27H2,1H3,(H,28,29). The molecular formula is C26H34N4O2S. The third-order valence-electron chi connectivity index (χ3n) is 6.27. The number of sulfone groups is 1. The topological polar surface area (TPSA) is 88.3 Å². The van der Waals surface area contributed by atoms with Gasteiger partial charge in [-0.15, -0.1) is 0 Å². The summed E-state index contributed by atoms with van der Waals surface area (Å²) in [5.41, 5.74) is 9.58. The molecule has 33 heavy (non-hydrogen) atoms. The summed E-state index contributed by atoms with van der Waals surface area (Å²) in [6.45, 7) is 4.70. The number of nitrogens with one attached hydrogen (secondary N) is 1. The first-order valence-corrected chi connectivity index (χ1v) is 13.5. The Morgan fingerprint density at radius 3 is 2.67 bits per heavy atom. The molecule has 1 aromatic heterocycles. The van der Waals surface area contributed by atoms with Crippen molar-refractivity contribution in [1.29, 1.82) is 0 Å². The summed E-state index contributed by atoms with van der Waals surface area (Å²) in [5.74, 6) is 0.895. The molecule has 0 fully saturated rings. The van der Waals surface area contributed by atoms with Crippen LogP contribution in [-0.2, 0) is 16.4 Å². The molecular weight excluding hydrogens is 432 g/mol. The molecule has 3 N–H and O–H groups in total. The highest BCUT2D eigenvalue weighted by Crippen LogP contribution is 2.31. The Bertz CT molecular complexity index is 1210. The van der Waals surface area contributed by atoms with Crippen LogP contribution in [0, 0.1) is 6.92 Å². The average molecular weight is 467 g/mol. The van der Waals surface area contributed by atoms with E-state index in [9.17, 15) is 8.42 Å². The molecule has 0 aliphatic carbocycles. The Labute approximate surface area is 197 Å². The van der Waals surface area contributed by atoms with Gasteiger partial charge in [0.05, 0.1) is 16.2 Å². The zero-order chi connectivity index (χ0) is 23.3. The Kier molecular flexibility index (Phi) is 7.50. The SMILES string of the molecule is Cc1ccc2nc(N3CCS(=O)(=O)c4ccccc4C3)cc(NCCCCCCCN)c2c1. The van der Waals surface area contributed by atoms with E-state index in [-0.39, 0.29) is 5.75 Å². The monoisotopic (exact) mass is 466 g/mol. The second-order valence-corrected chi connectivity index (χ2v) is 11.0. The molecule has 1 aliphatic rings. The number of rotatable bonds is 9. The number of aromatic nitrogens is 1. The van der Waals surface area contributed by atoms with Crippen LogP contribution in [0.15, 0.2) is 53.4 Å². The number of nitrogens with two attached hydrogens (primary N) is 1. The molecule has 6 nitrogen and oxygen atoms in total. The predicted molar refractivity (Wildman–Crippen MR) is 137 cm³/mol. The molecule has 3 aromatic rings. The molecule has 0 radical (unpaired) electrons. The van der Waals surface area contributed by atoms with Crippen molar-refractivity contribution in [2.24, 2.45) is 5.73 Å². The summed E-state index contributed by atoms with van der Waals surface area (Å²) in [7, 11) is -3.30. The predicted octanol–water partition coefficient (Wildman–Crippen LogP) is 4.66. The van der Waals surface area contributed by atoms with Gasteiger partial charge < -0.3 is 16.0 Å². The van der Waals surface area contributed by atoms with E-state index < -0.39 is 9.84 Å². The molecule has 1 aliphatic heterocycles. The lowest BCUT2D eigenvalue weighted by Gasteiger charge is -2.23. The molecule has 0 unspecified atom stereocenters. The highest BCUT2D eigenvalue weighted by molar-refractivity contribution is 7.91. The maximum Gasteiger partial charge on any atom is 0.180 e. The quantitative estimate of drug-likeness (QED) is 0.446. The van der Waals surface area contributed by atoms with E-state index in [0.717, 1.165) is 53.9 Å². The Hall–Kier alpha value is -2.64. The molecule has 176 valence electrons. The smallest absolute Gasteiger partial charge is 0.180 e. The van der Waals surface area contributed by atoms with Crippen molar-refractivity contribution in [1.82, 2.24) is 4.98 Å². The molecule has 4 rings (SSSR count). The minimum Gasteiger partial charge on any atom is -0.384 e. The van der Waals surface area contributed by atoms with Crippen molar-refractivity contribution >= 4 is 32.2 Å². The molecule has 0 spiro atoms. The average Bonchev–Trinajstić information content (AvgIpc) is 2.94. The van der Waals surface area contributed by atoms with Crippen LogP contribution in [0.25, 0.3) is 10.9 Å². The summed E-state index contributed by atoms with van der Waals surface area (Å²) in [6.07, 6.45) is 5.78. The third-order valence-corrected chi connectivity index (χ3v) is 8.06. The van der Waals surface area contributed by atoms with Gasteiger partial charge in [0.2, 0.25) is 0 Å². The largest absolute Gasteiger partial charge is 0.384 e. The van der Waals surface area contributed by atoms with Crippen LogP contribution in [0.3, 0.4) is 0 Å². The number of benzene rings is 2. The Morgan fingerprint density at radius 1 is 1.03 bits per heavy atom. The normalized spacial score (nSPS) is 15.3. The van der Waals surface area contributed by atoms with Gasteiger partial charge in [0, 0.05) is 36.8 Å². The van der Waals surface area contributed by atoms with Gasteiger partial charge in [-0.25, -0.2) is 13.4 Å². The van der Waals surface area contributed by atoms with E-state index in [4.69, 9.17) is 10.7 Å². The Balaban J connectivity index is 1.59. The van der Waals surface area contributed by atoms with Crippen molar-refractivity contribution in [2.75, 3.05) is 35.6 Å². The summed E-state index contributed by atoms with van der Waals surface area (Å²) >= 11 is 0. The Morgan fingerprint density at radius 2 is 1.82 bits per heavy atom. The first-order chi connectivity index (χ1) is 16.0. The lowest BCUT2D eigenvalue weighted by atomic mass is 10.1. The summed E-state index contributed by atoms with van der Waals surface area (Å²) in [6, 6.07) is 15.7. The number of aryl methyl sites for hydroxylation is 1. The van der Waals surface area contributed by atoms with Gasteiger partial charge in [-0.3, -0.25) is 0 Å². The fraction of sp³-hybridized carbons (Fsp3) is 0.423. The number of anilines is 2. The minimum atomic E-state index is -3.30. The highest BCUT2D eigenvalue weighted by Gasteiger charge is 2.26. The van der Waals surface area contributed by atoms with Crippen molar-refractivity contribution in [2.45, 2.75) is 50.5 Å². The van der Waals surface area contributed by atoms with Crippen LogP contribution < -0.4 is 16.0 Å².